The van der Waals surface area contributed by atoms with E-state index < -0.39 is 0 Å². The molecular formula is C25H41N5O2. The minimum Gasteiger partial charge on any atom is -0.393 e. The predicted molar refractivity (Wildman–Crippen MR) is 128 cm³/mol. The predicted octanol–water partition coefficient (Wildman–Crippen LogP) is 3.93. The van der Waals surface area contributed by atoms with E-state index in [0.717, 1.165) is 69.5 Å². The van der Waals surface area contributed by atoms with Gasteiger partial charge in [-0.15, -0.1) is 0 Å². The summed E-state index contributed by atoms with van der Waals surface area (Å²) in [5.41, 5.74) is 3.29. The topological polar surface area (TPSA) is 82.5 Å². The second-order valence-electron chi connectivity index (χ2n) is 10.1. The van der Waals surface area contributed by atoms with Gasteiger partial charge in [-0.3, -0.25) is 0 Å². The highest BCUT2D eigenvalue weighted by Gasteiger charge is 2.31. The number of piperidine rings is 1. The lowest BCUT2D eigenvalue weighted by Gasteiger charge is -2.34. The summed E-state index contributed by atoms with van der Waals surface area (Å²) in [5, 5.41) is 16.9. The van der Waals surface area contributed by atoms with Gasteiger partial charge >= 0.3 is 0 Å². The molecule has 7 nitrogen and oxygen atoms in total. The highest BCUT2D eigenvalue weighted by molar-refractivity contribution is 5.69. The van der Waals surface area contributed by atoms with Gasteiger partial charge in [-0.05, 0) is 89.4 Å². The molecule has 1 aliphatic carbocycles. The number of anilines is 1. The number of nitrogens with one attached hydrogen (secondary N) is 2. The van der Waals surface area contributed by atoms with Crippen molar-refractivity contribution in [2.24, 2.45) is 11.8 Å². The van der Waals surface area contributed by atoms with Crippen LogP contribution in [-0.4, -0.2) is 58.9 Å². The molecule has 7 heteroatoms. The Morgan fingerprint density at radius 2 is 1.97 bits per heavy atom. The Bertz CT molecular complexity index is 770. The van der Waals surface area contributed by atoms with Gasteiger partial charge in [-0.2, -0.15) is 0 Å². The molecule has 3 aliphatic rings. The van der Waals surface area contributed by atoms with Crippen molar-refractivity contribution in [1.29, 1.82) is 0 Å². The molecule has 32 heavy (non-hydrogen) atoms. The number of likely N-dealkylation sites (tertiary alicyclic amines) is 1. The molecule has 0 radical (unpaired) electrons. The van der Waals surface area contributed by atoms with Crippen molar-refractivity contribution in [1.82, 2.24) is 20.2 Å². The quantitative estimate of drug-likeness (QED) is 0.561. The average molecular weight is 444 g/mol. The summed E-state index contributed by atoms with van der Waals surface area (Å²) in [4.78, 5) is 12.0. The molecule has 1 saturated carbocycles. The van der Waals surface area contributed by atoms with Crippen molar-refractivity contribution in [2.75, 3.05) is 32.1 Å². The van der Waals surface area contributed by atoms with Gasteiger partial charge in [0.05, 0.1) is 18.4 Å². The largest absolute Gasteiger partial charge is 0.393 e. The summed E-state index contributed by atoms with van der Waals surface area (Å²) in [7, 11) is 2.19. The van der Waals surface area contributed by atoms with E-state index in [1.54, 1.807) is 0 Å². The highest BCUT2D eigenvalue weighted by atomic mass is 16.5. The molecule has 3 heterocycles. The van der Waals surface area contributed by atoms with E-state index in [-0.39, 0.29) is 12.3 Å². The fraction of sp³-hybridized carbons (Fsp3) is 0.760. The molecule has 0 spiro atoms. The molecule has 2 fully saturated rings. The number of aliphatic hydroxyl groups excluding tert-OH is 1. The monoisotopic (exact) mass is 443 g/mol. The summed E-state index contributed by atoms with van der Waals surface area (Å²) >= 11 is 0. The maximum absolute atomic E-state index is 9.97. The van der Waals surface area contributed by atoms with Crippen molar-refractivity contribution < 1.29 is 9.84 Å². The van der Waals surface area contributed by atoms with Crippen LogP contribution in [0.1, 0.15) is 82.7 Å². The van der Waals surface area contributed by atoms with Crippen molar-refractivity contribution in [2.45, 2.75) is 83.6 Å². The second-order valence-corrected chi connectivity index (χ2v) is 10.1. The van der Waals surface area contributed by atoms with Crippen LogP contribution in [0.4, 0.5) is 5.95 Å². The lowest BCUT2D eigenvalue weighted by molar-refractivity contribution is 0.000886. The van der Waals surface area contributed by atoms with Crippen LogP contribution >= 0.6 is 0 Å². The van der Waals surface area contributed by atoms with Gasteiger partial charge < -0.3 is 25.4 Å². The molecule has 4 rings (SSSR count). The SMILES string of the molecule is CCCC(C)Nc1ncc2c(n1)C([C@H]1CC[C@H](O)CC1)=CNC2OCC1CCN(C)CC1. The van der Waals surface area contributed by atoms with Crippen molar-refractivity contribution in [3.63, 3.8) is 0 Å². The maximum Gasteiger partial charge on any atom is 0.223 e. The average Bonchev–Trinajstić information content (AvgIpc) is 2.79. The van der Waals surface area contributed by atoms with E-state index in [2.05, 4.69) is 47.6 Å². The Morgan fingerprint density at radius 3 is 2.69 bits per heavy atom. The Balaban J connectivity index is 1.51. The molecule has 1 aromatic rings. The number of hydrogen-bond acceptors (Lipinski definition) is 7. The van der Waals surface area contributed by atoms with Gasteiger partial charge in [0.25, 0.3) is 0 Å². The van der Waals surface area contributed by atoms with Crippen molar-refractivity contribution in [3.05, 3.63) is 23.7 Å². The zero-order chi connectivity index (χ0) is 22.5. The van der Waals surface area contributed by atoms with Crippen LogP contribution in [0.15, 0.2) is 12.4 Å². The van der Waals surface area contributed by atoms with Gasteiger partial charge in [0.2, 0.25) is 5.95 Å². The summed E-state index contributed by atoms with van der Waals surface area (Å²) < 4.78 is 6.38. The molecule has 2 atom stereocenters. The molecule has 178 valence electrons. The van der Waals surface area contributed by atoms with E-state index in [1.165, 1.54) is 18.4 Å². The van der Waals surface area contributed by atoms with Gasteiger partial charge in [-0.25, -0.2) is 9.97 Å². The summed E-state index contributed by atoms with van der Waals surface area (Å²) in [6.07, 6.45) is 12.0. The van der Waals surface area contributed by atoms with Gasteiger partial charge in [0.15, 0.2) is 6.23 Å². The van der Waals surface area contributed by atoms with E-state index in [9.17, 15) is 5.11 Å². The number of rotatable bonds is 8. The van der Waals surface area contributed by atoms with E-state index in [1.807, 2.05) is 6.20 Å². The first kappa shape index (κ1) is 23.5. The Hall–Kier alpha value is -1.70. The molecular weight excluding hydrogens is 402 g/mol. The third kappa shape index (κ3) is 5.80. The van der Waals surface area contributed by atoms with Crippen molar-refractivity contribution in [3.8, 4) is 0 Å². The zero-order valence-corrected chi connectivity index (χ0v) is 20.0. The third-order valence-corrected chi connectivity index (χ3v) is 7.33. The third-order valence-electron chi connectivity index (χ3n) is 7.33. The van der Waals surface area contributed by atoms with Crippen LogP contribution < -0.4 is 10.6 Å². The second kappa shape index (κ2) is 10.9. The molecule has 0 amide bonds. The maximum atomic E-state index is 9.97. The van der Waals surface area contributed by atoms with Crippen LogP contribution in [0, 0.1) is 11.8 Å². The molecule has 0 aromatic carbocycles. The van der Waals surface area contributed by atoms with Crippen LogP contribution in [0.3, 0.4) is 0 Å². The van der Waals surface area contributed by atoms with E-state index in [0.29, 0.717) is 23.8 Å². The highest BCUT2D eigenvalue weighted by Crippen LogP contribution is 2.39. The summed E-state index contributed by atoms with van der Waals surface area (Å²) in [5.74, 6) is 1.72. The normalized spacial score (nSPS) is 27.9. The number of hydrogen-bond donors (Lipinski definition) is 3. The zero-order valence-electron chi connectivity index (χ0n) is 20.0. The molecule has 1 saturated heterocycles. The molecule has 3 N–H and O–H groups in total. The minimum atomic E-state index is -0.204. The number of ether oxygens (including phenoxy) is 1. The van der Waals surface area contributed by atoms with Crippen LogP contribution in [-0.2, 0) is 4.74 Å². The van der Waals surface area contributed by atoms with Gasteiger partial charge in [0.1, 0.15) is 0 Å². The number of nitrogens with zero attached hydrogens (tertiary/aromatic N) is 3. The fourth-order valence-electron chi connectivity index (χ4n) is 5.23. The first-order valence-electron chi connectivity index (χ1n) is 12.6. The first-order valence-corrected chi connectivity index (χ1v) is 12.6. The van der Waals surface area contributed by atoms with E-state index in [4.69, 9.17) is 9.72 Å². The lowest BCUT2D eigenvalue weighted by Crippen LogP contribution is -2.34. The minimum absolute atomic E-state index is 0.161. The van der Waals surface area contributed by atoms with E-state index >= 15 is 0 Å². The summed E-state index contributed by atoms with van der Waals surface area (Å²) in [6.45, 7) is 7.43. The number of allylic oxidation sites excluding steroid dienone is 1. The Morgan fingerprint density at radius 1 is 1.22 bits per heavy atom. The first-order chi connectivity index (χ1) is 15.5. The van der Waals surface area contributed by atoms with Crippen LogP contribution in [0.5, 0.6) is 0 Å². The molecule has 2 unspecified atom stereocenters. The smallest absolute Gasteiger partial charge is 0.223 e. The standard InChI is InChI=1S/C25H41N5O2/c1-4-5-17(2)28-25-27-15-22-23(29-25)21(19-6-8-20(31)9-7-19)14-26-24(22)32-16-18-10-12-30(3)13-11-18/h14-15,17-20,24,26,31H,4-13,16H2,1-3H3,(H,27,28,29)/t17?,19-,20-,24?. The molecule has 0 bridgehead atoms. The molecule has 2 aliphatic heterocycles. The number of aromatic nitrogens is 2. The van der Waals surface area contributed by atoms with Crippen LogP contribution in [0.2, 0.25) is 0 Å². The number of fused-ring (bicyclic) bond motifs is 1. The van der Waals surface area contributed by atoms with Crippen molar-refractivity contribution >= 4 is 11.5 Å². The number of aliphatic hydroxyl groups is 1. The Labute approximate surface area is 193 Å². The van der Waals surface area contributed by atoms with Crippen LogP contribution in [0.25, 0.3) is 5.57 Å². The van der Waals surface area contributed by atoms with Gasteiger partial charge in [0, 0.05) is 24.0 Å². The summed E-state index contributed by atoms with van der Waals surface area (Å²) in [6, 6.07) is 0.341. The van der Waals surface area contributed by atoms with Gasteiger partial charge in [-0.1, -0.05) is 13.3 Å². The fourth-order valence-corrected chi connectivity index (χ4v) is 5.23. The Kier molecular flexibility index (Phi) is 8.02. The lowest BCUT2D eigenvalue weighted by atomic mass is 9.80. The molecule has 1 aromatic heterocycles.